The zero-order chi connectivity index (χ0) is 24.0. The summed E-state index contributed by atoms with van der Waals surface area (Å²) in [4.78, 5) is 23.5. The number of fused-ring (bicyclic) bond motifs is 1. The minimum absolute atomic E-state index is 0.000113. The Balaban J connectivity index is 1.46. The molecule has 0 unspecified atom stereocenters. The first-order valence-corrected chi connectivity index (χ1v) is 12.0. The van der Waals surface area contributed by atoms with E-state index in [1.165, 1.54) is 11.1 Å². The van der Waals surface area contributed by atoms with E-state index in [-0.39, 0.29) is 37.0 Å². The van der Waals surface area contributed by atoms with E-state index < -0.39 is 5.97 Å². The van der Waals surface area contributed by atoms with E-state index >= 15 is 0 Å². The zero-order valence-electron chi connectivity index (χ0n) is 19.7. The number of halogens is 1. The monoisotopic (exact) mass is 471 g/mol. The molecule has 0 aromatic heterocycles. The van der Waals surface area contributed by atoms with Crippen LogP contribution in [0.15, 0.2) is 42.5 Å². The van der Waals surface area contributed by atoms with Crippen LogP contribution in [0, 0.1) is 5.92 Å². The molecule has 178 valence electrons. The Labute approximate surface area is 201 Å². The highest BCUT2D eigenvalue weighted by atomic mass is 35.5. The fourth-order valence-corrected chi connectivity index (χ4v) is 4.91. The SMILES string of the molecule is C[C@@H](OCC(=O)CNC(C)(C)CC1Cc2ccccc2C1)c1ccc(Cl)cc1CCC(=O)O. The summed E-state index contributed by atoms with van der Waals surface area (Å²) in [7, 11) is 0. The first-order chi connectivity index (χ1) is 15.6. The second-order valence-corrected chi connectivity index (χ2v) is 10.1. The molecule has 2 aromatic carbocycles. The molecule has 0 amide bonds. The van der Waals surface area contributed by atoms with Crippen LogP contribution in [-0.4, -0.2) is 35.5 Å². The van der Waals surface area contributed by atoms with Crippen LogP contribution in [0.5, 0.6) is 0 Å². The molecule has 0 saturated heterocycles. The van der Waals surface area contributed by atoms with Crippen molar-refractivity contribution in [2.75, 3.05) is 13.2 Å². The standard InChI is InChI=1S/C27H34ClNO4/c1-18(25-10-9-23(28)14-22(25)8-11-26(31)32)33-17-24(30)16-29-27(2,3)15-19-12-20-6-4-5-7-21(20)13-19/h4-7,9-10,14,18-19,29H,8,11-13,15-17H2,1-3H3,(H,31,32)/t18-/m1/s1. The van der Waals surface area contributed by atoms with Gasteiger partial charge >= 0.3 is 5.97 Å². The molecule has 0 saturated carbocycles. The molecule has 1 aliphatic rings. The molecule has 3 rings (SSSR count). The van der Waals surface area contributed by atoms with Crippen molar-refractivity contribution >= 4 is 23.4 Å². The highest BCUT2D eigenvalue weighted by Gasteiger charge is 2.28. The lowest BCUT2D eigenvalue weighted by Crippen LogP contribution is -2.44. The maximum Gasteiger partial charge on any atom is 0.303 e. The number of carboxylic acid groups (broad SMARTS) is 1. The summed E-state index contributed by atoms with van der Waals surface area (Å²) in [6.45, 7) is 6.42. The second kappa shape index (κ2) is 11.3. The third-order valence-electron chi connectivity index (χ3n) is 6.34. The van der Waals surface area contributed by atoms with Crippen molar-refractivity contribution in [1.82, 2.24) is 5.32 Å². The molecule has 5 nitrogen and oxygen atoms in total. The van der Waals surface area contributed by atoms with Crippen LogP contribution in [0.3, 0.4) is 0 Å². The normalized spacial score (nSPS) is 14.8. The molecule has 6 heteroatoms. The lowest BCUT2D eigenvalue weighted by molar-refractivity contribution is -0.137. The topological polar surface area (TPSA) is 75.6 Å². The number of hydrogen-bond acceptors (Lipinski definition) is 4. The van der Waals surface area contributed by atoms with Gasteiger partial charge in [-0.05, 0) is 86.8 Å². The molecule has 33 heavy (non-hydrogen) atoms. The fourth-order valence-electron chi connectivity index (χ4n) is 4.71. The molecule has 0 fully saturated rings. The Bertz CT molecular complexity index is 963. The summed E-state index contributed by atoms with van der Waals surface area (Å²) >= 11 is 6.08. The molecular formula is C27H34ClNO4. The molecule has 1 atom stereocenters. The summed E-state index contributed by atoms with van der Waals surface area (Å²) < 4.78 is 5.84. The quantitative estimate of drug-likeness (QED) is 0.446. The van der Waals surface area contributed by atoms with Crippen molar-refractivity contribution in [2.24, 2.45) is 5.92 Å². The van der Waals surface area contributed by atoms with Gasteiger partial charge < -0.3 is 15.2 Å². The Morgan fingerprint density at radius 2 is 1.85 bits per heavy atom. The number of carbonyl (C=O) groups excluding carboxylic acids is 1. The van der Waals surface area contributed by atoms with E-state index in [9.17, 15) is 9.59 Å². The Kier molecular flexibility index (Phi) is 8.69. The largest absolute Gasteiger partial charge is 0.481 e. The smallest absolute Gasteiger partial charge is 0.303 e. The van der Waals surface area contributed by atoms with Crippen molar-refractivity contribution in [3.05, 3.63) is 69.7 Å². The molecule has 2 N–H and O–H groups in total. The molecule has 0 heterocycles. The van der Waals surface area contributed by atoms with E-state index in [1.807, 2.05) is 13.0 Å². The maximum atomic E-state index is 12.5. The van der Waals surface area contributed by atoms with Gasteiger partial charge in [-0.15, -0.1) is 0 Å². The summed E-state index contributed by atoms with van der Waals surface area (Å²) in [6.07, 6.45) is 3.25. The van der Waals surface area contributed by atoms with E-state index in [0.29, 0.717) is 17.4 Å². The van der Waals surface area contributed by atoms with Crippen LogP contribution in [0.1, 0.15) is 62.0 Å². The van der Waals surface area contributed by atoms with Crippen LogP contribution in [-0.2, 0) is 33.6 Å². The van der Waals surface area contributed by atoms with Gasteiger partial charge in [-0.2, -0.15) is 0 Å². The summed E-state index contributed by atoms with van der Waals surface area (Å²) in [5, 5.41) is 13.0. The number of benzene rings is 2. The average Bonchev–Trinajstić information content (AvgIpc) is 3.16. The Hall–Kier alpha value is -2.21. The third kappa shape index (κ3) is 7.66. The van der Waals surface area contributed by atoms with Gasteiger partial charge in [-0.1, -0.05) is 41.9 Å². The third-order valence-corrected chi connectivity index (χ3v) is 6.58. The highest BCUT2D eigenvalue weighted by Crippen LogP contribution is 2.32. The molecular weight excluding hydrogens is 438 g/mol. The molecule has 1 aliphatic carbocycles. The maximum absolute atomic E-state index is 12.5. The van der Waals surface area contributed by atoms with Crippen molar-refractivity contribution < 1.29 is 19.4 Å². The number of ketones is 1. The molecule has 0 bridgehead atoms. The van der Waals surface area contributed by atoms with E-state index in [2.05, 4.69) is 43.4 Å². The van der Waals surface area contributed by atoms with Crippen LogP contribution in [0.25, 0.3) is 0 Å². The van der Waals surface area contributed by atoms with Crippen molar-refractivity contribution in [3.63, 3.8) is 0 Å². The number of carbonyl (C=O) groups is 2. The first kappa shape index (κ1) is 25.4. The predicted octanol–water partition coefficient (Wildman–Crippen LogP) is 5.18. The average molecular weight is 472 g/mol. The van der Waals surface area contributed by atoms with Gasteiger partial charge in [-0.25, -0.2) is 0 Å². The van der Waals surface area contributed by atoms with Gasteiger partial charge in [0, 0.05) is 17.0 Å². The zero-order valence-corrected chi connectivity index (χ0v) is 20.5. The van der Waals surface area contributed by atoms with E-state index in [1.54, 1.807) is 12.1 Å². The van der Waals surface area contributed by atoms with Gasteiger partial charge in [0.25, 0.3) is 0 Å². The first-order valence-electron chi connectivity index (χ1n) is 11.6. The number of hydrogen-bond donors (Lipinski definition) is 2. The second-order valence-electron chi connectivity index (χ2n) is 9.71. The number of carboxylic acids is 1. The predicted molar refractivity (Wildman–Crippen MR) is 131 cm³/mol. The minimum atomic E-state index is -0.861. The van der Waals surface area contributed by atoms with Crippen molar-refractivity contribution in [2.45, 2.75) is 64.5 Å². The van der Waals surface area contributed by atoms with Crippen LogP contribution in [0.2, 0.25) is 5.02 Å². The highest BCUT2D eigenvalue weighted by molar-refractivity contribution is 6.30. The molecule has 0 aliphatic heterocycles. The number of Topliss-reactive ketones (excluding diaryl/α,β-unsaturated/α-hetero) is 1. The fraction of sp³-hybridized carbons (Fsp3) is 0.481. The Morgan fingerprint density at radius 3 is 2.48 bits per heavy atom. The number of aliphatic carboxylic acids is 1. The number of ether oxygens (including phenoxy) is 1. The number of rotatable bonds is 12. The van der Waals surface area contributed by atoms with Gasteiger partial charge in [0.2, 0.25) is 0 Å². The van der Waals surface area contributed by atoms with E-state index in [0.717, 1.165) is 30.4 Å². The van der Waals surface area contributed by atoms with E-state index in [4.69, 9.17) is 21.4 Å². The molecule has 0 spiro atoms. The molecule has 0 radical (unpaired) electrons. The van der Waals surface area contributed by atoms with Gasteiger partial charge in [0.05, 0.1) is 12.6 Å². The summed E-state index contributed by atoms with van der Waals surface area (Å²) in [5.74, 6) is -0.282. The van der Waals surface area contributed by atoms with Gasteiger partial charge in [0.1, 0.15) is 6.61 Å². The molecule has 2 aromatic rings. The van der Waals surface area contributed by atoms with Crippen LogP contribution in [0.4, 0.5) is 0 Å². The van der Waals surface area contributed by atoms with Gasteiger partial charge in [0.15, 0.2) is 5.78 Å². The Morgan fingerprint density at radius 1 is 1.18 bits per heavy atom. The van der Waals surface area contributed by atoms with Gasteiger partial charge in [-0.3, -0.25) is 9.59 Å². The van der Waals surface area contributed by atoms with Crippen LogP contribution >= 0.6 is 11.6 Å². The lowest BCUT2D eigenvalue weighted by atomic mass is 9.88. The lowest BCUT2D eigenvalue weighted by Gasteiger charge is -2.29. The number of aryl methyl sites for hydroxylation is 1. The van der Waals surface area contributed by atoms with Crippen molar-refractivity contribution in [1.29, 1.82) is 0 Å². The number of nitrogens with one attached hydrogen (secondary N) is 1. The minimum Gasteiger partial charge on any atom is -0.481 e. The van der Waals surface area contributed by atoms with Crippen molar-refractivity contribution in [3.8, 4) is 0 Å². The summed E-state index contributed by atoms with van der Waals surface area (Å²) in [5.41, 5.74) is 4.45. The van der Waals surface area contributed by atoms with Crippen LogP contribution < -0.4 is 5.32 Å². The summed E-state index contributed by atoms with van der Waals surface area (Å²) in [6, 6.07) is 14.0.